The van der Waals surface area contributed by atoms with Gasteiger partial charge in [0.2, 0.25) is 11.8 Å². The van der Waals surface area contributed by atoms with E-state index < -0.39 is 17.4 Å². The van der Waals surface area contributed by atoms with Crippen molar-refractivity contribution in [3.8, 4) is 0 Å². The van der Waals surface area contributed by atoms with Crippen molar-refractivity contribution in [3.63, 3.8) is 0 Å². The monoisotopic (exact) mass is 382 g/mol. The van der Waals surface area contributed by atoms with Crippen LogP contribution in [0.5, 0.6) is 0 Å². The van der Waals surface area contributed by atoms with Gasteiger partial charge in [-0.05, 0) is 36.0 Å². The highest BCUT2D eigenvalue weighted by molar-refractivity contribution is 5.85. The highest BCUT2D eigenvalue weighted by Crippen LogP contribution is 2.28. The van der Waals surface area contributed by atoms with Gasteiger partial charge in [0.05, 0.1) is 7.11 Å². The number of rotatable bonds is 8. The van der Waals surface area contributed by atoms with Crippen LogP contribution in [0.3, 0.4) is 0 Å². The lowest BCUT2D eigenvalue weighted by molar-refractivity contribution is -0.146. The number of hydrogen-bond acceptors (Lipinski definition) is 4. The average Bonchev–Trinajstić information content (AvgIpc) is 2.50. The number of methoxy groups -OCH3 is 1. The molecule has 3 unspecified atom stereocenters. The lowest BCUT2D eigenvalue weighted by Crippen LogP contribution is -2.45. The van der Waals surface area contributed by atoms with E-state index in [9.17, 15) is 14.4 Å². The van der Waals surface area contributed by atoms with Crippen LogP contribution in [0.4, 0.5) is 0 Å². The zero-order valence-electron chi connectivity index (χ0n) is 18.1. The SMILES string of the molecule is COC(=O)C(CC(C)C)NC(=O)CC(C)(C)CC(=O)N1CC(C)CC(C)C1. The van der Waals surface area contributed by atoms with E-state index in [4.69, 9.17) is 4.74 Å². The number of carbonyl (C=O) groups is 3. The quantitative estimate of drug-likeness (QED) is 0.655. The van der Waals surface area contributed by atoms with Crippen LogP contribution < -0.4 is 5.32 Å². The molecule has 1 fully saturated rings. The molecule has 1 aliphatic rings. The standard InChI is InChI=1S/C21H38N2O4/c1-14(2)8-17(20(26)27-7)22-18(24)10-21(5,6)11-19(25)23-12-15(3)9-16(4)13-23/h14-17H,8-13H2,1-7H3,(H,22,24). The van der Waals surface area contributed by atoms with Crippen LogP contribution in [0.2, 0.25) is 0 Å². The molecule has 0 radical (unpaired) electrons. The highest BCUT2D eigenvalue weighted by Gasteiger charge is 2.32. The van der Waals surface area contributed by atoms with E-state index in [2.05, 4.69) is 19.2 Å². The van der Waals surface area contributed by atoms with Crippen molar-refractivity contribution in [2.75, 3.05) is 20.2 Å². The van der Waals surface area contributed by atoms with E-state index in [-0.39, 0.29) is 24.2 Å². The molecule has 1 saturated heterocycles. The maximum absolute atomic E-state index is 12.7. The molecule has 1 N–H and O–H groups in total. The molecule has 0 aromatic carbocycles. The van der Waals surface area contributed by atoms with Crippen LogP contribution in [0.1, 0.15) is 67.2 Å². The predicted molar refractivity (Wildman–Crippen MR) is 106 cm³/mol. The van der Waals surface area contributed by atoms with Crippen molar-refractivity contribution in [3.05, 3.63) is 0 Å². The van der Waals surface area contributed by atoms with Crippen molar-refractivity contribution >= 4 is 17.8 Å². The van der Waals surface area contributed by atoms with E-state index in [1.165, 1.54) is 7.11 Å². The minimum Gasteiger partial charge on any atom is -0.467 e. The number of nitrogens with zero attached hydrogens (tertiary/aromatic N) is 1. The molecule has 2 amide bonds. The number of amides is 2. The fraction of sp³-hybridized carbons (Fsp3) is 0.857. The first-order valence-corrected chi connectivity index (χ1v) is 10.1. The summed E-state index contributed by atoms with van der Waals surface area (Å²) >= 11 is 0. The third-order valence-electron chi connectivity index (χ3n) is 5.02. The van der Waals surface area contributed by atoms with Crippen molar-refractivity contribution in [2.45, 2.75) is 73.3 Å². The van der Waals surface area contributed by atoms with Gasteiger partial charge >= 0.3 is 5.97 Å². The molecule has 1 rings (SSSR count). The highest BCUT2D eigenvalue weighted by atomic mass is 16.5. The van der Waals surface area contributed by atoms with Gasteiger partial charge in [-0.2, -0.15) is 0 Å². The number of esters is 1. The Morgan fingerprint density at radius 2 is 1.67 bits per heavy atom. The van der Waals surface area contributed by atoms with Gasteiger partial charge in [0, 0.05) is 25.9 Å². The fourth-order valence-corrected chi connectivity index (χ4v) is 3.96. The average molecular weight is 383 g/mol. The largest absolute Gasteiger partial charge is 0.467 e. The summed E-state index contributed by atoms with van der Waals surface area (Å²) < 4.78 is 4.79. The maximum atomic E-state index is 12.7. The number of piperidine rings is 1. The number of carbonyl (C=O) groups excluding carboxylic acids is 3. The van der Waals surface area contributed by atoms with Gasteiger partial charge in [-0.3, -0.25) is 9.59 Å². The Hall–Kier alpha value is -1.59. The van der Waals surface area contributed by atoms with E-state index in [0.717, 1.165) is 19.5 Å². The van der Waals surface area contributed by atoms with E-state index in [1.807, 2.05) is 32.6 Å². The lowest BCUT2D eigenvalue weighted by atomic mass is 9.83. The molecule has 0 spiro atoms. The Morgan fingerprint density at radius 3 is 2.15 bits per heavy atom. The van der Waals surface area contributed by atoms with Gasteiger partial charge in [-0.25, -0.2) is 4.79 Å². The zero-order valence-corrected chi connectivity index (χ0v) is 18.1. The number of ether oxygens (including phenoxy) is 1. The first-order chi connectivity index (χ1) is 12.4. The molecule has 0 aromatic rings. The zero-order chi connectivity index (χ0) is 20.8. The molecule has 0 saturated carbocycles. The van der Waals surface area contributed by atoms with Crippen molar-refractivity contribution in [1.29, 1.82) is 0 Å². The Morgan fingerprint density at radius 1 is 1.11 bits per heavy atom. The Balaban J connectivity index is 2.62. The molecule has 1 aliphatic heterocycles. The number of nitrogens with one attached hydrogen (secondary N) is 1. The van der Waals surface area contributed by atoms with E-state index >= 15 is 0 Å². The molecule has 6 nitrogen and oxygen atoms in total. The van der Waals surface area contributed by atoms with Gasteiger partial charge in [0.1, 0.15) is 6.04 Å². The predicted octanol–water partition coefficient (Wildman–Crippen LogP) is 3.00. The summed E-state index contributed by atoms with van der Waals surface area (Å²) in [5, 5.41) is 2.78. The van der Waals surface area contributed by atoms with Crippen LogP contribution in [0.25, 0.3) is 0 Å². The molecule has 156 valence electrons. The minimum absolute atomic E-state index is 0.109. The van der Waals surface area contributed by atoms with Gasteiger partial charge in [0.15, 0.2) is 0 Å². The van der Waals surface area contributed by atoms with Crippen molar-refractivity contribution in [2.24, 2.45) is 23.2 Å². The molecule has 0 aliphatic carbocycles. The molecule has 6 heteroatoms. The third kappa shape index (κ3) is 8.31. The summed E-state index contributed by atoms with van der Waals surface area (Å²) in [6.07, 6.45) is 2.21. The van der Waals surface area contributed by atoms with Gasteiger partial charge in [0.25, 0.3) is 0 Å². The van der Waals surface area contributed by atoms with Crippen LogP contribution in [-0.4, -0.2) is 48.9 Å². The minimum atomic E-state index is -0.641. The second kappa shape index (κ2) is 10.1. The summed E-state index contributed by atoms with van der Waals surface area (Å²) in [5.74, 6) is 0.748. The Kier molecular flexibility index (Phi) is 8.76. The number of likely N-dealkylation sites (tertiary alicyclic amines) is 1. The molecule has 1 heterocycles. The lowest BCUT2D eigenvalue weighted by Gasteiger charge is -2.37. The van der Waals surface area contributed by atoms with Gasteiger partial charge in [-0.1, -0.05) is 41.5 Å². The molecular formula is C21H38N2O4. The Labute approximate surface area is 164 Å². The molecule has 27 heavy (non-hydrogen) atoms. The van der Waals surface area contributed by atoms with Crippen molar-refractivity contribution in [1.82, 2.24) is 10.2 Å². The maximum Gasteiger partial charge on any atom is 0.328 e. The van der Waals surface area contributed by atoms with E-state index in [1.54, 1.807) is 0 Å². The summed E-state index contributed by atoms with van der Waals surface area (Å²) in [6, 6.07) is -0.641. The molecule has 0 aromatic heterocycles. The van der Waals surface area contributed by atoms with Crippen LogP contribution in [-0.2, 0) is 19.1 Å². The smallest absolute Gasteiger partial charge is 0.328 e. The number of hydrogen-bond donors (Lipinski definition) is 1. The first-order valence-electron chi connectivity index (χ1n) is 10.1. The van der Waals surface area contributed by atoms with Gasteiger partial charge < -0.3 is 15.0 Å². The van der Waals surface area contributed by atoms with Crippen LogP contribution in [0.15, 0.2) is 0 Å². The normalized spacial score (nSPS) is 21.7. The summed E-state index contributed by atoms with van der Waals surface area (Å²) in [7, 11) is 1.32. The summed E-state index contributed by atoms with van der Waals surface area (Å²) in [4.78, 5) is 39.1. The van der Waals surface area contributed by atoms with Crippen LogP contribution >= 0.6 is 0 Å². The molecular weight excluding hydrogens is 344 g/mol. The summed E-state index contributed by atoms with van der Waals surface area (Å²) in [6.45, 7) is 13.8. The fourth-order valence-electron chi connectivity index (χ4n) is 3.96. The van der Waals surface area contributed by atoms with Crippen LogP contribution in [0, 0.1) is 23.2 Å². The summed E-state index contributed by atoms with van der Waals surface area (Å²) in [5.41, 5.74) is -0.469. The topological polar surface area (TPSA) is 75.7 Å². The molecule has 0 bridgehead atoms. The third-order valence-corrected chi connectivity index (χ3v) is 5.02. The van der Waals surface area contributed by atoms with Gasteiger partial charge in [-0.15, -0.1) is 0 Å². The Bertz CT molecular complexity index is 520. The van der Waals surface area contributed by atoms with Crippen molar-refractivity contribution < 1.29 is 19.1 Å². The second-order valence-corrected chi connectivity index (χ2v) is 9.54. The first kappa shape index (κ1) is 23.4. The second-order valence-electron chi connectivity index (χ2n) is 9.54. The van der Waals surface area contributed by atoms with E-state index in [0.29, 0.717) is 24.7 Å². The molecule has 3 atom stereocenters.